The molecule has 16 heavy (non-hydrogen) atoms. The summed E-state index contributed by atoms with van der Waals surface area (Å²) in [5.74, 6) is 1.76. The molecule has 0 unspecified atom stereocenters. The molecule has 0 aliphatic heterocycles. The average molecular weight is 282 g/mol. The van der Waals surface area contributed by atoms with Crippen LogP contribution in [0, 0.1) is 18.8 Å². The molecule has 2 rings (SSSR count). The van der Waals surface area contributed by atoms with E-state index in [2.05, 4.69) is 60.2 Å². The molecular formula is C14H20BrN. The Bertz CT molecular complexity index is 347. The fraction of sp³-hybridized carbons (Fsp3) is 0.571. The highest BCUT2D eigenvalue weighted by molar-refractivity contribution is 9.10. The highest BCUT2D eigenvalue weighted by Gasteiger charge is 2.30. The molecule has 88 valence electrons. The van der Waals surface area contributed by atoms with E-state index in [9.17, 15) is 0 Å². The minimum atomic E-state index is 0.682. The molecule has 1 fully saturated rings. The molecule has 0 heterocycles. The van der Waals surface area contributed by atoms with Crippen LogP contribution < -0.4 is 5.32 Å². The van der Waals surface area contributed by atoms with E-state index in [-0.39, 0.29) is 0 Å². The molecule has 0 radical (unpaired) electrons. The Morgan fingerprint density at radius 1 is 1.25 bits per heavy atom. The van der Waals surface area contributed by atoms with Crippen molar-refractivity contribution in [1.82, 2.24) is 0 Å². The van der Waals surface area contributed by atoms with E-state index in [1.807, 2.05) is 0 Å². The predicted molar refractivity (Wildman–Crippen MR) is 73.9 cm³/mol. The molecule has 1 saturated carbocycles. The van der Waals surface area contributed by atoms with Crippen LogP contribution in [-0.4, -0.2) is 6.04 Å². The van der Waals surface area contributed by atoms with E-state index >= 15 is 0 Å². The number of benzene rings is 1. The molecule has 0 spiro atoms. The maximum Gasteiger partial charge on any atom is 0.0356 e. The Morgan fingerprint density at radius 2 is 1.94 bits per heavy atom. The molecule has 1 aromatic rings. The summed E-state index contributed by atoms with van der Waals surface area (Å²) in [7, 11) is 0. The SMILES string of the molecule is Cc1cc(Br)cc(NC2CC(C(C)C)C2)c1. The van der Waals surface area contributed by atoms with Crippen molar-refractivity contribution in [3.8, 4) is 0 Å². The highest BCUT2D eigenvalue weighted by atomic mass is 79.9. The van der Waals surface area contributed by atoms with Gasteiger partial charge in [0, 0.05) is 16.2 Å². The summed E-state index contributed by atoms with van der Waals surface area (Å²) < 4.78 is 1.16. The summed E-state index contributed by atoms with van der Waals surface area (Å²) in [4.78, 5) is 0. The van der Waals surface area contributed by atoms with Crippen LogP contribution in [-0.2, 0) is 0 Å². The van der Waals surface area contributed by atoms with Gasteiger partial charge >= 0.3 is 0 Å². The fourth-order valence-electron chi connectivity index (χ4n) is 2.38. The third-order valence-corrected chi connectivity index (χ3v) is 3.99. The van der Waals surface area contributed by atoms with Gasteiger partial charge in [0.1, 0.15) is 0 Å². The van der Waals surface area contributed by atoms with E-state index in [0.29, 0.717) is 6.04 Å². The molecule has 0 atom stereocenters. The molecule has 1 aliphatic carbocycles. The van der Waals surface area contributed by atoms with Crippen molar-refractivity contribution >= 4 is 21.6 Å². The molecule has 1 aliphatic rings. The van der Waals surface area contributed by atoms with Crippen molar-refractivity contribution in [3.63, 3.8) is 0 Å². The molecule has 1 aromatic carbocycles. The van der Waals surface area contributed by atoms with Crippen molar-refractivity contribution in [1.29, 1.82) is 0 Å². The maximum atomic E-state index is 3.61. The average Bonchev–Trinajstić information content (AvgIpc) is 2.08. The second kappa shape index (κ2) is 4.79. The van der Waals surface area contributed by atoms with Gasteiger partial charge in [0.15, 0.2) is 0 Å². The summed E-state index contributed by atoms with van der Waals surface area (Å²) >= 11 is 3.54. The summed E-state index contributed by atoms with van der Waals surface area (Å²) in [5, 5.41) is 3.61. The quantitative estimate of drug-likeness (QED) is 0.854. The van der Waals surface area contributed by atoms with Crippen molar-refractivity contribution in [2.24, 2.45) is 11.8 Å². The monoisotopic (exact) mass is 281 g/mol. The van der Waals surface area contributed by atoms with Gasteiger partial charge in [0.25, 0.3) is 0 Å². The lowest BCUT2D eigenvalue weighted by Crippen LogP contribution is -2.37. The number of hydrogen-bond acceptors (Lipinski definition) is 1. The third-order valence-electron chi connectivity index (χ3n) is 3.53. The van der Waals surface area contributed by atoms with Crippen LogP contribution in [0.3, 0.4) is 0 Å². The van der Waals surface area contributed by atoms with E-state index in [1.165, 1.54) is 24.1 Å². The number of anilines is 1. The van der Waals surface area contributed by atoms with E-state index in [0.717, 1.165) is 16.3 Å². The topological polar surface area (TPSA) is 12.0 Å². The van der Waals surface area contributed by atoms with Crippen molar-refractivity contribution in [3.05, 3.63) is 28.2 Å². The van der Waals surface area contributed by atoms with E-state index < -0.39 is 0 Å². The largest absolute Gasteiger partial charge is 0.382 e. The number of aryl methyl sites for hydroxylation is 1. The lowest BCUT2D eigenvalue weighted by molar-refractivity contribution is 0.212. The minimum Gasteiger partial charge on any atom is -0.382 e. The number of hydrogen-bond donors (Lipinski definition) is 1. The molecule has 0 saturated heterocycles. The summed E-state index contributed by atoms with van der Waals surface area (Å²) in [5.41, 5.74) is 2.55. The van der Waals surface area contributed by atoms with Crippen LogP contribution in [0.25, 0.3) is 0 Å². The Kier molecular flexibility index (Phi) is 3.58. The Morgan fingerprint density at radius 3 is 2.50 bits per heavy atom. The zero-order valence-corrected chi connectivity index (χ0v) is 11.8. The highest BCUT2D eigenvalue weighted by Crippen LogP contribution is 2.35. The van der Waals surface area contributed by atoms with Gasteiger partial charge in [-0.3, -0.25) is 0 Å². The molecular weight excluding hydrogens is 262 g/mol. The van der Waals surface area contributed by atoms with Gasteiger partial charge in [-0.05, 0) is 55.4 Å². The minimum absolute atomic E-state index is 0.682. The third kappa shape index (κ3) is 2.79. The first kappa shape index (κ1) is 12.0. The first-order valence-corrected chi connectivity index (χ1v) is 6.87. The number of nitrogens with one attached hydrogen (secondary N) is 1. The van der Waals surface area contributed by atoms with Crippen LogP contribution >= 0.6 is 15.9 Å². The molecule has 0 amide bonds. The van der Waals surface area contributed by atoms with Gasteiger partial charge in [-0.1, -0.05) is 29.8 Å². The van der Waals surface area contributed by atoms with Crippen molar-refractivity contribution < 1.29 is 0 Å². The maximum absolute atomic E-state index is 3.61. The Balaban J connectivity index is 1.91. The first-order valence-electron chi connectivity index (χ1n) is 6.08. The predicted octanol–water partition coefficient (Wildman–Crippen LogP) is 4.60. The fourth-order valence-corrected chi connectivity index (χ4v) is 2.99. The molecule has 1 N–H and O–H groups in total. The van der Waals surface area contributed by atoms with Crippen molar-refractivity contribution in [2.75, 3.05) is 5.32 Å². The normalized spacial score (nSPS) is 24.3. The second-order valence-corrected chi connectivity index (χ2v) is 6.25. The number of halogens is 1. The molecule has 0 bridgehead atoms. The van der Waals surface area contributed by atoms with Crippen LogP contribution in [0.4, 0.5) is 5.69 Å². The van der Waals surface area contributed by atoms with Crippen LogP contribution in [0.5, 0.6) is 0 Å². The van der Waals surface area contributed by atoms with Gasteiger partial charge in [-0.25, -0.2) is 0 Å². The van der Waals surface area contributed by atoms with Gasteiger partial charge in [0.2, 0.25) is 0 Å². The van der Waals surface area contributed by atoms with Gasteiger partial charge in [-0.2, -0.15) is 0 Å². The lowest BCUT2D eigenvalue weighted by Gasteiger charge is -2.39. The van der Waals surface area contributed by atoms with Crippen LogP contribution in [0.1, 0.15) is 32.3 Å². The van der Waals surface area contributed by atoms with E-state index in [1.54, 1.807) is 0 Å². The number of rotatable bonds is 3. The molecule has 1 nitrogen and oxygen atoms in total. The summed E-state index contributed by atoms with van der Waals surface area (Å²) in [6.45, 7) is 6.78. The zero-order valence-electron chi connectivity index (χ0n) is 10.3. The van der Waals surface area contributed by atoms with Gasteiger partial charge < -0.3 is 5.32 Å². The lowest BCUT2D eigenvalue weighted by atomic mass is 9.73. The van der Waals surface area contributed by atoms with E-state index in [4.69, 9.17) is 0 Å². The first-order chi connectivity index (χ1) is 7.54. The smallest absolute Gasteiger partial charge is 0.0356 e. The van der Waals surface area contributed by atoms with Crippen LogP contribution in [0.2, 0.25) is 0 Å². The molecule has 0 aromatic heterocycles. The Hall–Kier alpha value is -0.500. The van der Waals surface area contributed by atoms with Gasteiger partial charge in [0.05, 0.1) is 0 Å². The zero-order chi connectivity index (χ0) is 11.7. The summed E-state index contributed by atoms with van der Waals surface area (Å²) in [6.07, 6.45) is 2.65. The standard InChI is InChI=1S/C14H20BrN/c1-9(2)11-6-14(7-11)16-13-5-10(3)4-12(15)8-13/h4-5,8-9,11,14,16H,6-7H2,1-3H3. The van der Waals surface area contributed by atoms with Crippen molar-refractivity contribution in [2.45, 2.75) is 39.7 Å². The Labute approximate surface area is 107 Å². The summed E-state index contributed by atoms with van der Waals surface area (Å²) in [6, 6.07) is 7.20. The van der Waals surface area contributed by atoms with Crippen LogP contribution in [0.15, 0.2) is 22.7 Å². The second-order valence-electron chi connectivity index (χ2n) is 5.33. The molecule has 2 heteroatoms. The van der Waals surface area contributed by atoms with Gasteiger partial charge in [-0.15, -0.1) is 0 Å².